The molecule has 8 heteroatoms. The van der Waals surface area contributed by atoms with Crippen LogP contribution < -0.4 is 10.1 Å². The van der Waals surface area contributed by atoms with E-state index in [1.807, 2.05) is 30.3 Å². The standard InChI is InChI=1S/C21H24N6O2/c1-27(2)20(28)10-5-14-3-8-16(9-4-14)29-21-22-12-11-18(24-21)23-19-13-17(25-26-19)15-6-7-15/h3-4,8-9,11-13,15H,5-7,10H2,1-2H3,(H2,22,23,24,25,26). The number of aromatic amines is 1. The van der Waals surface area contributed by atoms with Gasteiger partial charge in [-0.2, -0.15) is 10.1 Å². The molecule has 0 bridgehead atoms. The highest BCUT2D eigenvalue weighted by Gasteiger charge is 2.25. The van der Waals surface area contributed by atoms with Gasteiger partial charge in [-0.05, 0) is 43.0 Å². The van der Waals surface area contributed by atoms with Gasteiger partial charge in [-0.15, -0.1) is 0 Å². The highest BCUT2D eigenvalue weighted by molar-refractivity contribution is 5.75. The van der Waals surface area contributed by atoms with E-state index >= 15 is 0 Å². The molecule has 1 amide bonds. The molecule has 2 heterocycles. The SMILES string of the molecule is CN(C)C(=O)CCc1ccc(Oc2nccc(Nc3cc(C4CC4)[nH]n3)n2)cc1. The zero-order valence-electron chi connectivity index (χ0n) is 16.6. The molecule has 3 aromatic rings. The van der Waals surface area contributed by atoms with Gasteiger partial charge in [-0.3, -0.25) is 9.89 Å². The molecule has 29 heavy (non-hydrogen) atoms. The van der Waals surface area contributed by atoms with E-state index in [0.29, 0.717) is 30.3 Å². The van der Waals surface area contributed by atoms with Crippen LogP contribution in [-0.4, -0.2) is 45.1 Å². The molecule has 2 N–H and O–H groups in total. The van der Waals surface area contributed by atoms with Crippen molar-refractivity contribution >= 4 is 17.5 Å². The lowest BCUT2D eigenvalue weighted by atomic mass is 10.1. The molecule has 1 aliphatic rings. The molecule has 4 rings (SSSR count). The predicted molar refractivity (Wildman–Crippen MR) is 109 cm³/mol. The van der Waals surface area contributed by atoms with E-state index < -0.39 is 0 Å². The Morgan fingerprint density at radius 2 is 2.00 bits per heavy atom. The number of ether oxygens (including phenoxy) is 1. The maximum atomic E-state index is 11.7. The molecule has 8 nitrogen and oxygen atoms in total. The minimum Gasteiger partial charge on any atom is -0.424 e. The number of H-pyrrole nitrogens is 1. The van der Waals surface area contributed by atoms with Gasteiger partial charge in [0.05, 0.1) is 0 Å². The third-order valence-corrected chi connectivity index (χ3v) is 4.76. The molecule has 0 radical (unpaired) electrons. The van der Waals surface area contributed by atoms with Crippen LogP contribution in [0.4, 0.5) is 11.6 Å². The molecule has 0 aliphatic heterocycles. The summed E-state index contributed by atoms with van der Waals surface area (Å²) in [4.78, 5) is 21.9. The number of hydrogen-bond donors (Lipinski definition) is 2. The molecule has 0 spiro atoms. The molecule has 0 unspecified atom stereocenters. The minimum atomic E-state index is 0.115. The van der Waals surface area contributed by atoms with Crippen molar-refractivity contribution in [2.75, 3.05) is 19.4 Å². The Hall–Kier alpha value is -3.42. The first-order valence-electron chi connectivity index (χ1n) is 9.69. The second-order valence-electron chi connectivity index (χ2n) is 7.37. The number of nitrogens with zero attached hydrogens (tertiary/aromatic N) is 4. The number of anilines is 2. The van der Waals surface area contributed by atoms with Gasteiger partial charge < -0.3 is 15.0 Å². The average molecular weight is 392 g/mol. The van der Waals surface area contributed by atoms with Crippen LogP contribution >= 0.6 is 0 Å². The summed E-state index contributed by atoms with van der Waals surface area (Å²) in [6.45, 7) is 0. The van der Waals surface area contributed by atoms with Crippen molar-refractivity contribution in [1.82, 2.24) is 25.1 Å². The average Bonchev–Trinajstić information content (AvgIpc) is 3.47. The van der Waals surface area contributed by atoms with Gasteiger partial charge in [-0.1, -0.05) is 12.1 Å². The highest BCUT2D eigenvalue weighted by atomic mass is 16.5. The first-order valence-corrected chi connectivity index (χ1v) is 9.69. The second kappa shape index (κ2) is 8.30. The van der Waals surface area contributed by atoms with Crippen LogP contribution in [0, 0.1) is 0 Å². The van der Waals surface area contributed by atoms with Gasteiger partial charge in [0, 0.05) is 44.4 Å². The number of amides is 1. The van der Waals surface area contributed by atoms with Gasteiger partial charge in [0.25, 0.3) is 0 Å². The van der Waals surface area contributed by atoms with E-state index in [-0.39, 0.29) is 11.9 Å². The van der Waals surface area contributed by atoms with Crippen molar-refractivity contribution < 1.29 is 9.53 Å². The van der Waals surface area contributed by atoms with Gasteiger partial charge in [0.2, 0.25) is 5.91 Å². The van der Waals surface area contributed by atoms with Crippen LogP contribution in [0.5, 0.6) is 11.8 Å². The normalized spacial score (nSPS) is 13.2. The van der Waals surface area contributed by atoms with Gasteiger partial charge in [-0.25, -0.2) is 4.98 Å². The topological polar surface area (TPSA) is 96.0 Å². The summed E-state index contributed by atoms with van der Waals surface area (Å²) in [5.41, 5.74) is 2.24. The van der Waals surface area contributed by atoms with Gasteiger partial charge in [0.15, 0.2) is 5.82 Å². The van der Waals surface area contributed by atoms with E-state index in [1.165, 1.54) is 12.8 Å². The summed E-state index contributed by atoms with van der Waals surface area (Å²) in [6.07, 6.45) is 5.26. The Kier molecular flexibility index (Phi) is 5.41. The fourth-order valence-electron chi connectivity index (χ4n) is 2.90. The first-order chi connectivity index (χ1) is 14.1. The number of benzene rings is 1. The zero-order valence-corrected chi connectivity index (χ0v) is 16.6. The molecule has 0 atom stereocenters. The van der Waals surface area contributed by atoms with Gasteiger partial charge in [0.1, 0.15) is 11.6 Å². The third kappa shape index (κ3) is 5.10. The van der Waals surface area contributed by atoms with Crippen molar-refractivity contribution in [3.8, 4) is 11.8 Å². The highest BCUT2D eigenvalue weighted by Crippen LogP contribution is 2.39. The largest absolute Gasteiger partial charge is 0.424 e. The molecule has 1 fully saturated rings. The van der Waals surface area contributed by atoms with Crippen LogP contribution in [0.25, 0.3) is 0 Å². The molecule has 1 saturated carbocycles. The van der Waals surface area contributed by atoms with Crippen LogP contribution in [-0.2, 0) is 11.2 Å². The van der Waals surface area contributed by atoms with Crippen LogP contribution in [0.2, 0.25) is 0 Å². The van der Waals surface area contributed by atoms with Crippen molar-refractivity contribution in [1.29, 1.82) is 0 Å². The molecule has 0 saturated heterocycles. The summed E-state index contributed by atoms with van der Waals surface area (Å²) in [7, 11) is 3.53. The summed E-state index contributed by atoms with van der Waals surface area (Å²) in [5, 5.41) is 10.5. The van der Waals surface area contributed by atoms with Gasteiger partial charge >= 0.3 is 6.01 Å². The molecular formula is C21H24N6O2. The van der Waals surface area contributed by atoms with E-state index in [2.05, 4.69) is 25.5 Å². The number of aryl methyl sites for hydroxylation is 1. The third-order valence-electron chi connectivity index (χ3n) is 4.76. The van der Waals surface area contributed by atoms with E-state index in [0.717, 1.165) is 17.1 Å². The molecule has 150 valence electrons. The zero-order chi connectivity index (χ0) is 20.2. The summed E-state index contributed by atoms with van der Waals surface area (Å²) in [6, 6.07) is 11.6. The monoisotopic (exact) mass is 392 g/mol. The number of hydrogen-bond acceptors (Lipinski definition) is 6. The maximum Gasteiger partial charge on any atom is 0.323 e. The van der Waals surface area contributed by atoms with E-state index in [9.17, 15) is 4.79 Å². The van der Waals surface area contributed by atoms with Crippen molar-refractivity contribution in [3.05, 3.63) is 53.9 Å². The molecule has 2 aromatic heterocycles. The Morgan fingerprint density at radius 1 is 1.21 bits per heavy atom. The summed E-state index contributed by atoms with van der Waals surface area (Å²) in [5.74, 6) is 2.71. The van der Waals surface area contributed by atoms with E-state index in [4.69, 9.17) is 4.74 Å². The first kappa shape index (κ1) is 18.9. The lowest BCUT2D eigenvalue weighted by Gasteiger charge is -2.10. The fourth-order valence-corrected chi connectivity index (χ4v) is 2.90. The van der Waals surface area contributed by atoms with Crippen LogP contribution in [0.15, 0.2) is 42.6 Å². The number of aromatic nitrogens is 4. The number of nitrogens with one attached hydrogen (secondary N) is 2. The maximum absolute atomic E-state index is 11.7. The Bertz CT molecular complexity index is 979. The summed E-state index contributed by atoms with van der Waals surface area (Å²) < 4.78 is 5.76. The Morgan fingerprint density at radius 3 is 2.72 bits per heavy atom. The van der Waals surface area contributed by atoms with Crippen molar-refractivity contribution in [2.24, 2.45) is 0 Å². The van der Waals surface area contributed by atoms with Crippen molar-refractivity contribution in [2.45, 2.75) is 31.6 Å². The lowest BCUT2D eigenvalue weighted by molar-refractivity contribution is -0.128. The minimum absolute atomic E-state index is 0.115. The Balaban J connectivity index is 1.35. The molecular weight excluding hydrogens is 368 g/mol. The second-order valence-corrected chi connectivity index (χ2v) is 7.37. The number of carbonyl (C=O) groups excluding carboxylic acids is 1. The van der Waals surface area contributed by atoms with Crippen molar-refractivity contribution in [3.63, 3.8) is 0 Å². The number of carbonyl (C=O) groups is 1. The molecule has 1 aliphatic carbocycles. The quantitative estimate of drug-likeness (QED) is 0.608. The molecule has 1 aromatic carbocycles. The summed E-state index contributed by atoms with van der Waals surface area (Å²) >= 11 is 0. The number of rotatable bonds is 8. The van der Waals surface area contributed by atoms with Crippen LogP contribution in [0.3, 0.4) is 0 Å². The van der Waals surface area contributed by atoms with Crippen LogP contribution in [0.1, 0.15) is 36.4 Å². The Labute approximate surface area is 169 Å². The predicted octanol–water partition coefficient (Wildman–Crippen LogP) is 3.63. The smallest absolute Gasteiger partial charge is 0.323 e. The lowest BCUT2D eigenvalue weighted by Crippen LogP contribution is -2.21. The van der Waals surface area contributed by atoms with E-state index in [1.54, 1.807) is 31.3 Å². The fraction of sp³-hybridized carbons (Fsp3) is 0.333.